The highest BCUT2D eigenvalue weighted by Gasteiger charge is 2.01. The van der Waals surface area contributed by atoms with Gasteiger partial charge in [0.1, 0.15) is 0 Å². The minimum Gasteiger partial charge on any atom is -0.381 e. The summed E-state index contributed by atoms with van der Waals surface area (Å²) in [6, 6.07) is 8.51. The van der Waals surface area contributed by atoms with Crippen LogP contribution in [0.4, 0.5) is 0 Å². The maximum absolute atomic E-state index is 8.64. The number of nitrogens with one attached hydrogen (secondary N) is 1. The van der Waals surface area contributed by atoms with Crippen LogP contribution in [0, 0.1) is 6.92 Å². The smallest absolute Gasteiger partial charge is 0.0936 e. The van der Waals surface area contributed by atoms with Gasteiger partial charge >= 0.3 is 0 Å². The number of hydrogen-bond acceptors (Lipinski definition) is 2. The highest BCUT2D eigenvalue weighted by atomic mass is 16.3. The molecule has 0 heterocycles. The minimum atomic E-state index is 0.0229. The molecule has 0 bridgehead atoms. The van der Waals surface area contributed by atoms with Gasteiger partial charge in [0, 0.05) is 6.04 Å². The van der Waals surface area contributed by atoms with E-state index in [1.807, 2.05) is 6.92 Å². The largest absolute Gasteiger partial charge is 0.381 e. The van der Waals surface area contributed by atoms with E-state index in [9.17, 15) is 0 Å². The van der Waals surface area contributed by atoms with Crippen molar-refractivity contribution in [3.63, 3.8) is 0 Å². The van der Waals surface area contributed by atoms with E-state index in [4.69, 9.17) is 5.11 Å². The summed E-state index contributed by atoms with van der Waals surface area (Å²) in [6.07, 6.45) is 0. The Morgan fingerprint density at radius 2 is 1.92 bits per heavy atom. The van der Waals surface area contributed by atoms with Gasteiger partial charge in [0.25, 0.3) is 0 Å². The van der Waals surface area contributed by atoms with Crippen LogP contribution in [-0.2, 0) is 0 Å². The molecule has 1 atom stereocenters. The number of aryl methyl sites for hydroxylation is 1. The average molecular weight is 165 g/mol. The van der Waals surface area contributed by atoms with E-state index in [0.717, 1.165) is 0 Å². The minimum absolute atomic E-state index is 0.0229. The molecule has 0 saturated heterocycles. The predicted octanol–water partition coefficient (Wildman–Crippen LogP) is 1.60. The van der Waals surface area contributed by atoms with Crippen LogP contribution in [-0.4, -0.2) is 11.8 Å². The van der Waals surface area contributed by atoms with Crippen molar-refractivity contribution < 1.29 is 5.11 Å². The lowest BCUT2D eigenvalue weighted by Gasteiger charge is -2.11. The second kappa shape index (κ2) is 4.24. The zero-order valence-electron chi connectivity index (χ0n) is 7.54. The van der Waals surface area contributed by atoms with E-state index in [1.54, 1.807) is 0 Å². The van der Waals surface area contributed by atoms with E-state index in [-0.39, 0.29) is 12.8 Å². The highest BCUT2D eigenvalue weighted by Crippen LogP contribution is 2.11. The van der Waals surface area contributed by atoms with Gasteiger partial charge in [-0.3, -0.25) is 5.32 Å². The summed E-state index contributed by atoms with van der Waals surface area (Å²) in [5.74, 6) is 0. The van der Waals surface area contributed by atoms with Crippen molar-refractivity contribution in [1.29, 1.82) is 0 Å². The molecule has 66 valence electrons. The van der Waals surface area contributed by atoms with Gasteiger partial charge in [0.05, 0.1) is 6.73 Å². The molecule has 12 heavy (non-hydrogen) atoms. The summed E-state index contributed by atoms with van der Waals surface area (Å²) in [7, 11) is 0. The summed E-state index contributed by atoms with van der Waals surface area (Å²) >= 11 is 0. The summed E-state index contributed by atoms with van der Waals surface area (Å²) in [4.78, 5) is 0. The number of rotatable bonds is 3. The molecule has 0 fully saturated rings. The van der Waals surface area contributed by atoms with Gasteiger partial charge in [0.15, 0.2) is 0 Å². The first-order valence-electron chi connectivity index (χ1n) is 4.15. The molecular weight excluding hydrogens is 150 g/mol. The molecule has 0 aliphatic heterocycles. The monoisotopic (exact) mass is 165 g/mol. The fourth-order valence-electron chi connectivity index (χ4n) is 1.11. The Balaban J connectivity index is 2.68. The molecule has 2 N–H and O–H groups in total. The Morgan fingerprint density at radius 1 is 1.33 bits per heavy atom. The topological polar surface area (TPSA) is 32.3 Å². The van der Waals surface area contributed by atoms with Gasteiger partial charge in [-0.2, -0.15) is 0 Å². The lowest BCUT2D eigenvalue weighted by atomic mass is 10.1. The summed E-state index contributed by atoms with van der Waals surface area (Å²) < 4.78 is 0. The first kappa shape index (κ1) is 9.23. The fourth-order valence-corrected chi connectivity index (χ4v) is 1.11. The molecule has 0 aliphatic carbocycles. The Kier molecular flexibility index (Phi) is 3.26. The molecule has 0 saturated carbocycles. The van der Waals surface area contributed by atoms with Gasteiger partial charge in [0.2, 0.25) is 0 Å². The number of aliphatic hydroxyl groups is 1. The van der Waals surface area contributed by atoms with E-state index in [1.165, 1.54) is 11.1 Å². The molecule has 1 aromatic carbocycles. The first-order valence-corrected chi connectivity index (χ1v) is 4.15. The van der Waals surface area contributed by atoms with E-state index < -0.39 is 0 Å². The van der Waals surface area contributed by atoms with Gasteiger partial charge < -0.3 is 5.11 Å². The number of aliphatic hydroxyl groups excluding tert-OH is 1. The van der Waals surface area contributed by atoms with Crippen molar-refractivity contribution in [2.75, 3.05) is 6.73 Å². The van der Waals surface area contributed by atoms with Crippen molar-refractivity contribution in [2.24, 2.45) is 0 Å². The second-order valence-corrected chi connectivity index (χ2v) is 2.99. The molecule has 0 amide bonds. The molecule has 1 rings (SSSR count). The van der Waals surface area contributed by atoms with Crippen LogP contribution >= 0.6 is 0 Å². The fraction of sp³-hybridized carbons (Fsp3) is 0.400. The van der Waals surface area contributed by atoms with Crippen molar-refractivity contribution in [3.05, 3.63) is 35.4 Å². The third-order valence-corrected chi connectivity index (χ3v) is 1.97. The molecule has 2 nitrogen and oxygen atoms in total. The molecule has 1 aromatic rings. The Labute approximate surface area is 73.2 Å². The quantitative estimate of drug-likeness (QED) is 0.667. The second-order valence-electron chi connectivity index (χ2n) is 2.99. The van der Waals surface area contributed by atoms with Crippen LogP contribution in [0.3, 0.4) is 0 Å². The summed E-state index contributed by atoms with van der Waals surface area (Å²) in [5.41, 5.74) is 2.46. The van der Waals surface area contributed by atoms with Crippen molar-refractivity contribution in [2.45, 2.75) is 19.9 Å². The summed E-state index contributed by atoms with van der Waals surface area (Å²) in [5, 5.41) is 11.6. The standard InChI is InChI=1S/C10H15NO/c1-8-3-5-10(6-4-8)9(2)11-7-12/h3-6,9,11-12H,7H2,1-2H3/t9-/m1/s1. The third kappa shape index (κ3) is 2.32. The normalized spacial score (nSPS) is 12.9. The Morgan fingerprint density at radius 3 is 2.42 bits per heavy atom. The highest BCUT2D eigenvalue weighted by molar-refractivity contribution is 5.23. The third-order valence-electron chi connectivity index (χ3n) is 1.97. The van der Waals surface area contributed by atoms with Crippen LogP contribution in [0.25, 0.3) is 0 Å². The lowest BCUT2D eigenvalue weighted by molar-refractivity contribution is 0.245. The molecular formula is C10H15NO. The van der Waals surface area contributed by atoms with Crippen molar-refractivity contribution in [1.82, 2.24) is 5.32 Å². The molecule has 0 unspecified atom stereocenters. The molecule has 0 radical (unpaired) electrons. The number of hydrogen-bond donors (Lipinski definition) is 2. The predicted molar refractivity (Wildman–Crippen MR) is 49.8 cm³/mol. The van der Waals surface area contributed by atoms with E-state index >= 15 is 0 Å². The van der Waals surface area contributed by atoms with Crippen LogP contribution in [0.15, 0.2) is 24.3 Å². The molecule has 2 heteroatoms. The average Bonchev–Trinajstić information content (AvgIpc) is 2.06. The van der Waals surface area contributed by atoms with Crippen LogP contribution in [0.2, 0.25) is 0 Å². The molecule has 0 aromatic heterocycles. The SMILES string of the molecule is Cc1ccc([C@@H](C)NCO)cc1. The van der Waals surface area contributed by atoms with E-state index in [2.05, 4.69) is 36.5 Å². The van der Waals surface area contributed by atoms with Crippen LogP contribution in [0.5, 0.6) is 0 Å². The summed E-state index contributed by atoms with van der Waals surface area (Å²) in [6.45, 7) is 4.11. The van der Waals surface area contributed by atoms with Crippen LogP contribution in [0.1, 0.15) is 24.1 Å². The lowest BCUT2D eigenvalue weighted by Crippen LogP contribution is -2.19. The Hall–Kier alpha value is -0.860. The van der Waals surface area contributed by atoms with Gasteiger partial charge in [-0.1, -0.05) is 29.8 Å². The number of benzene rings is 1. The van der Waals surface area contributed by atoms with Crippen LogP contribution < -0.4 is 5.32 Å². The first-order chi connectivity index (χ1) is 5.74. The zero-order valence-corrected chi connectivity index (χ0v) is 7.54. The van der Waals surface area contributed by atoms with Gasteiger partial charge in [-0.05, 0) is 19.4 Å². The van der Waals surface area contributed by atoms with E-state index in [0.29, 0.717) is 0 Å². The molecule has 0 aliphatic rings. The van der Waals surface area contributed by atoms with Crippen molar-refractivity contribution in [3.8, 4) is 0 Å². The molecule has 0 spiro atoms. The zero-order chi connectivity index (χ0) is 8.97. The van der Waals surface area contributed by atoms with Gasteiger partial charge in [-0.25, -0.2) is 0 Å². The van der Waals surface area contributed by atoms with Crippen molar-refractivity contribution >= 4 is 0 Å². The maximum Gasteiger partial charge on any atom is 0.0936 e. The maximum atomic E-state index is 8.64. The Bertz CT molecular complexity index is 230. The van der Waals surface area contributed by atoms with Gasteiger partial charge in [-0.15, -0.1) is 0 Å².